The summed E-state index contributed by atoms with van der Waals surface area (Å²) >= 11 is 1.60. The minimum Gasteiger partial charge on any atom is -0.408 e. The third-order valence-electron chi connectivity index (χ3n) is 3.99. The van der Waals surface area contributed by atoms with Gasteiger partial charge in [-0.05, 0) is 31.5 Å². The van der Waals surface area contributed by atoms with Crippen LogP contribution in [0.1, 0.15) is 29.1 Å². The summed E-state index contributed by atoms with van der Waals surface area (Å²) in [4.78, 5) is 32.6. The zero-order chi connectivity index (χ0) is 17.6. The second-order valence-corrected chi connectivity index (χ2v) is 7.21. The SMILES string of the molecule is Cc1cn2cc(CC(=O)NC(C)c3ccc4[nH]c(=O)oc4c3)nc2s1. The average Bonchev–Trinajstić information content (AvgIpc) is 3.17. The van der Waals surface area contributed by atoms with E-state index < -0.39 is 5.76 Å². The van der Waals surface area contributed by atoms with E-state index in [-0.39, 0.29) is 18.4 Å². The van der Waals surface area contributed by atoms with Gasteiger partial charge in [0.1, 0.15) is 0 Å². The zero-order valence-electron chi connectivity index (χ0n) is 13.7. The maximum Gasteiger partial charge on any atom is 0.417 e. The molecule has 0 aliphatic rings. The quantitative estimate of drug-likeness (QED) is 0.588. The lowest BCUT2D eigenvalue weighted by atomic mass is 10.1. The summed E-state index contributed by atoms with van der Waals surface area (Å²) < 4.78 is 7.00. The van der Waals surface area contributed by atoms with E-state index in [0.717, 1.165) is 16.2 Å². The Labute approximate surface area is 146 Å². The second-order valence-electron chi connectivity index (χ2n) is 6.00. The van der Waals surface area contributed by atoms with Crippen molar-refractivity contribution in [1.29, 1.82) is 0 Å². The lowest BCUT2D eigenvalue weighted by Crippen LogP contribution is -2.28. The van der Waals surface area contributed by atoms with E-state index in [2.05, 4.69) is 15.3 Å². The molecule has 7 nitrogen and oxygen atoms in total. The number of imidazole rings is 1. The van der Waals surface area contributed by atoms with Gasteiger partial charge in [-0.25, -0.2) is 9.78 Å². The molecule has 4 rings (SSSR count). The smallest absolute Gasteiger partial charge is 0.408 e. The summed E-state index contributed by atoms with van der Waals surface area (Å²) in [6.07, 6.45) is 4.10. The van der Waals surface area contributed by atoms with E-state index in [9.17, 15) is 9.59 Å². The number of aromatic amines is 1. The Balaban J connectivity index is 1.46. The van der Waals surface area contributed by atoms with Gasteiger partial charge in [0.05, 0.1) is 23.7 Å². The van der Waals surface area contributed by atoms with Gasteiger partial charge in [-0.3, -0.25) is 14.2 Å². The molecule has 0 aliphatic heterocycles. The van der Waals surface area contributed by atoms with Crippen LogP contribution in [-0.2, 0) is 11.2 Å². The van der Waals surface area contributed by atoms with Crippen molar-refractivity contribution in [2.24, 2.45) is 0 Å². The van der Waals surface area contributed by atoms with Gasteiger partial charge in [0.2, 0.25) is 5.91 Å². The normalized spacial score (nSPS) is 12.7. The number of benzene rings is 1. The molecule has 25 heavy (non-hydrogen) atoms. The van der Waals surface area contributed by atoms with Crippen molar-refractivity contribution in [2.45, 2.75) is 26.3 Å². The van der Waals surface area contributed by atoms with Crippen molar-refractivity contribution in [1.82, 2.24) is 19.7 Å². The molecule has 0 aliphatic carbocycles. The summed E-state index contributed by atoms with van der Waals surface area (Å²) in [7, 11) is 0. The number of oxazole rings is 1. The lowest BCUT2D eigenvalue weighted by Gasteiger charge is -2.13. The predicted octanol–water partition coefficient (Wildman–Crippen LogP) is 2.56. The molecule has 128 valence electrons. The van der Waals surface area contributed by atoms with Crippen LogP contribution in [-0.4, -0.2) is 20.3 Å². The van der Waals surface area contributed by atoms with Crippen LogP contribution < -0.4 is 11.1 Å². The van der Waals surface area contributed by atoms with Gasteiger partial charge in [-0.1, -0.05) is 6.07 Å². The molecule has 4 aromatic rings. The monoisotopic (exact) mass is 356 g/mol. The molecule has 1 atom stereocenters. The van der Waals surface area contributed by atoms with Crippen molar-refractivity contribution >= 4 is 33.3 Å². The van der Waals surface area contributed by atoms with E-state index in [1.54, 1.807) is 23.5 Å². The fraction of sp³-hybridized carbons (Fsp3) is 0.235. The van der Waals surface area contributed by atoms with Crippen molar-refractivity contribution in [3.63, 3.8) is 0 Å². The topological polar surface area (TPSA) is 92.4 Å². The lowest BCUT2D eigenvalue weighted by molar-refractivity contribution is -0.121. The summed E-state index contributed by atoms with van der Waals surface area (Å²) in [6, 6.07) is 5.18. The Morgan fingerprint density at radius 3 is 3.08 bits per heavy atom. The molecule has 1 unspecified atom stereocenters. The third kappa shape index (κ3) is 3.08. The van der Waals surface area contributed by atoms with Gasteiger partial charge >= 0.3 is 5.76 Å². The molecule has 0 bridgehead atoms. The number of nitrogens with one attached hydrogen (secondary N) is 2. The number of rotatable bonds is 4. The number of carbonyl (C=O) groups is 1. The molecule has 0 saturated carbocycles. The molecular weight excluding hydrogens is 340 g/mol. The van der Waals surface area contributed by atoms with Gasteiger partial charge in [0.15, 0.2) is 10.5 Å². The van der Waals surface area contributed by atoms with Crippen molar-refractivity contribution in [3.8, 4) is 0 Å². The molecule has 0 saturated heterocycles. The van der Waals surface area contributed by atoms with E-state index in [4.69, 9.17) is 4.42 Å². The van der Waals surface area contributed by atoms with E-state index in [1.165, 1.54) is 4.88 Å². The third-order valence-corrected chi connectivity index (χ3v) is 4.90. The summed E-state index contributed by atoms with van der Waals surface area (Å²) in [5, 5.41) is 2.95. The molecule has 2 N–H and O–H groups in total. The Morgan fingerprint density at radius 2 is 2.28 bits per heavy atom. The molecule has 0 spiro atoms. The van der Waals surface area contributed by atoms with Crippen LogP contribution in [0.25, 0.3) is 16.1 Å². The van der Waals surface area contributed by atoms with Crippen LogP contribution in [0.5, 0.6) is 0 Å². The standard InChI is InChI=1S/C17H16N4O3S/c1-9-7-21-8-12(19-16(21)25-9)6-15(22)18-10(2)11-3-4-13-14(5-11)24-17(23)20-13/h3-5,7-8,10H,6H2,1-2H3,(H,18,22)(H,20,23). The number of carbonyl (C=O) groups excluding carboxylic acids is 1. The van der Waals surface area contributed by atoms with E-state index >= 15 is 0 Å². The Kier molecular flexibility index (Phi) is 3.69. The highest BCUT2D eigenvalue weighted by molar-refractivity contribution is 7.16. The van der Waals surface area contributed by atoms with Crippen LogP contribution in [0, 0.1) is 6.92 Å². The summed E-state index contributed by atoms with van der Waals surface area (Å²) in [5.74, 6) is -0.593. The minimum absolute atomic E-state index is 0.106. The average molecular weight is 356 g/mol. The molecule has 3 aromatic heterocycles. The highest BCUT2D eigenvalue weighted by Crippen LogP contribution is 2.19. The molecule has 1 amide bonds. The fourth-order valence-electron chi connectivity index (χ4n) is 2.82. The van der Waals surface area contributed by atoms with Crippen molar-refractivity contribution < 1.29 is 9.21 Å². The van der Waals surface area contributed by atoms with Gasteiger partial charge in [-0.2, -0.15) is 0 Å². The molecular formula is C17H16N4O3S. The van der Waals surface area contributed by atoms with Crippen LogP contribution >= 0.6 is 11.3 Å². The van der Waals surface area contributed by atoms with Gasteiger partial charge < -0.3 is 9.73 Å². The molecule has 8 heteroatoms. The predicted molar refractivity (Wildman–Crippen MR) is 94.9 cm³/mol. The highest BCUT2D eigenvalue weighted by atomic mass is 32.1. The van der Waals surface area contributed by atoms with Crippen molar-refractivity contribution in [2.75, 3.05) is 0 Å². The van der Waals surface area contributed by atoms with E-state index in [1.807, 2.05) is 36.7 Å². The number of hydrogen-bond acceptors (Lipinski definition) is 5. The number of hydrogen-bond donors (Lipinski definition) is 2. The number of thiazole rings is 1. The highest BCUT2D eigenvalue weighted by Gasteiger charge is 2.14. The first-order valence-corrected chi connectivity index (χ1v) is 8.66. The zero-order valence-corrected chi connectivity index (χ0v) is 14.5. The number of aryl methyl sites for hydroxylation is 1. The van der Waals surface area contributed by atoms with Crippen LogP contribution in [0.3, 0.4) is 0 Å². The van der Waals surface area contributed by atoms with Crippen LogP contribution in [0.2, 0.25) is 0 Å². The Hall–Kier alpha value is -2.87. The molecule has 0 radical (unpaired) electrons. The molecule has 0 fully saturated rings. The molecule has 1 aromatic carbocycles. The Bertz CT molecular complexity index is 1100. The molecule has 3 heterocycles. The van der Waals surface area contributed by atoms with Crippen LogP contribution in [0.15, 0.2) is 39.8 Å². The fourth-order valence-corrected chi connectivity index (χ4v) is 3.64. The largest absolute Gasteiger partial charge is 0.417 e. The maximum atomic E-state index is 12.3. The van der Waals surface area contributed by atoms with Gasteiger partial charge in [0, 0.05) is 17.3 Å². The van der Waals surface area contributed by atoms with Crippen molar-refractivity contribution in [3.05, 3.63) is 57.3 Å². The van der Waals surface area contributed by atoms with E-state index in [0.29, 0.717) is 11.1 Å². The number of H-pyrrole nitrogens is 1. The summed E-state index contributed by atoms with van der Waals surface area (Å²) in [6.45, 7) is 3.91. The number of nitrogens with zero attached hydrogens (tertiary/aromatic N) is 2. The number of aromatic nitrogens is 3. The first kappa shape index (κ1) is 15.6. The second kappa shape index (κ2) is 5.89. The summed E-state index contributed by atoms with van der Waals surface area (Å²) in [5.41, 5.74) is 2.72. The minimum atomic E-state index is -0.487. The first-order chi connectivity index (χ1) is 12.0. The number of fused-ring (bicyclic) bond motifs is 2. The van der Waals surface area contributed by atoms with Gasteiger partial charge in [0.25, 0.3) is 0 Å². The first-order valence-electron chi connectivity index (χ1n) is 7.84. The van der Waals surface area contributed by atoms with Crippen LogP contribution in [0.4, 0.5) is 0 Å². The maximum absolute atomic E-state index is 12.3. The Morgan fingerprint density at radius 1 is 1.44 bits per heavy atom. The van der Waals surface area contributed by atoms with Gasteiger partial charge in [-0.15, -0.1) is 11.3 Å². The number of amides is 1.